The summed E-state index contributed by atoms with van der Waals surface area (Å²) in [6.45, 7) is 6.11. The molecule has 4 N–H and O–H groups in total. The first-order chi connectivity index (χ1) is 13.1. The highest BCUT2D eigenvalue weighted by Crippen LogP contribution is 2.19. The second-order valence-corrected chi connectivity index (χ2v) is 7.22. The molecule has 3 rings (SSSR count). The van der Waals surface area contributed by atoms with Gasteiger partial charge in [-0.2, -0.15) is 0 Å². The van der Waals surface area contributed by atoms with E-state index in [4.69, 9.17) is 10.5 Å². The third-order valence-electron chi connectivity index (χ3n) is 4.88. The minimum atomic E-state index is -0.180. The number of nitrogen functional groups attached to an aromatic ring is 1. The predicted molar refractivity (Wildman–Crippen MR) is 113 cm³/mol. The lowest BCUT2D eigenvalue weighted by Crippen LogP contribution is -2.29. The fourth-order valence-electron chi connectivity index (χ4n) is 3.58. The maximum Gasteiger partial charge on any atom is 0.123 e. The molecule has 0 unspecified atom stereocenters. The third-order valence-corrected chi connectivity index (χ3v) is 4.88. The third kappa shape index (κ3) is 7.02. The van der Waals surface area contributed by atoms with Crippen molar-refractivity contribution in [1.82, 2.24) is 15.6 Å². The Morgan fingerprint density at radius 1 is 1.25 bits per heavy atom. The van der Waals surface area contributed by atoms with Gasteiger partial charge in [-0.25, -0.2) is 9.37 Å². The second kappa shape index (κ2) is 11.3. The number of anilines is 1. The van der Waals surface area contributed by atoms with Gasteiger partial charge in [-0.1, -0.05) is 12.1 Å². The molecule has 5 nitrogen and oxygen atoms in total. The van der Waals surface area contributed by atoms with Crippen molar-refractivity contribution in [3.8, 4) is 0 Å². The van der Waals surface area contributed by atoms with Gasteiger partial charge >= 0.3 is 0 Å². The molecule has 28 heavy (non-hydrogen) atoms. The zero-order chi connectivity index (χ0) is 19.1. The van der Waals surface area contributed by atoms with Gasteiger partial charge < -0.3 is 21.1 Å². The van der Waals surface area contributed by atoms with Gasteiger partial charge in [0, 0.05) is 31.2 Å². The van der Waals surface area contributed by atoms with Crippen LogP contribution < -0.4 is 16.4 Å². The van der Waals surface area contributed by atoms with Crippen LogP contribution in [0.2, 0.25) is 0 Å². The van der Waals surface area contributed by atoms with E-state index >= 15 is 0 Å². The van der Waals surface area contributed by atoms with Gasteiger partial charge in [-0.3, -0.25) is 0 Å². The molecule has 1 aliphatic heterocycles. The summed E-state index contributed by atoms with van der Waals surface area (Å²) >= 11 is 0. The van der Waals surface area contributed by atoms with E-state index in [9.17, 15) is 4.39 Å². The minimum absolute atomic E-state index is 0. The number of nitrogens with two attached hydrogens (primary N) is 1. The van der Waals surface area contributed by atoms with E-state index < -0.39 is 0 Å². The molecule has 7 heteroatoms. The molecule has 1 saturated heterocycles. The SMILES string of the molecule is Cc1cc(N)nc(C[C@@H]2CNC[C@H]2OCCNCCc2cccc(F)c2)c1.Cl. The zero-order valence-electron chi connectivity index (χ0n) is 16.3. The number of benzene rings is 1. The van der Waals surface area contributed by atoms with Crippen LogP contribution in [0.3, 0.4) is 0 Å². The van der Waals surface area contributed by atoms with Crippen LogP contribution >= 0.6 is 12.4 Å². The highest BCUT2D eigenvalue weighted by Gasteiger charge is 2.28. The molecule has 1 aromatic heterocycles. The number of aryl methyl sites for hydroxylation is 1. The normalized spacial score (nSPS) is 18.8. The second-order valence-electron chi connectivity index (χ2n) is 7.22. The highest BCUT2D eigenvalue weighted by atomic mass is 35.5. The molecule has 0 spiro atoms. The van der Waals surface area contributed by atoms with Gasteiger partial charge in [0.05, 0.1) is 12.7 Å². The van der Waals surface area contributed by atoms with Crippen molar-refractivity contribution in [2.45, 2.75) is 25.9 Å². The molecule has 0 aliphatic carbocycles. The van der Waals surface area contributed by atoms with Gasteiger partial charge in [-0.05, 0) is 61.7 Å². The first-order valence-corrected chi connectivity index (χ1v) is 9.60. The van der Waals surface area contributed by atoms with Crippen molar-refractivity contribution in [2.75, 3.05) is 38.5 Å². The summed E-state index contributed by atoms with van der Waals surface area (Å²) in [5, 5.41) is 6.77. The Morgan fingerprint density at radius 2 is 2.11 bits per heavy atom. The maximum absolute atomic E-state index is 13.1. The molecule has 0 saturated carbocycles. The van der Waals surface area contributed by atoms with Crippen LogP contribution in [0.1, 0.15) is 16.8 Å². The number of pyridine rings is 1. The van der Waals surface area contributed by atoms with Crippen molar-refractivity contribution >= 4 is 18.2 Å². The van der Waals surface area contributed by atoms with Gasteiger partial charge in [0.15, 0.2) is 0 Å². The number of hydrogen-bond donors (Lipinski definition) is 3. The smallest absolute Gasteiger partial charge is 0.123 e. The van der Waals surface area contributed by atoms with E-state index in [1.807, 2.05) is 19.1 Å². The summed E-state index contributed by atoms with van der Waals surface area (Å²) in [7, 11) is 0. The molecular formula is C21H30ClFN4O. The summed E-state index contributed by atoms with van der Waals surface area (Å²) in [6.07, 6.45) is 1.88. The molecule has 1 fully saturated rings. The van der Waals surface area contributed by atoms with Gasteiger partial charge in [0.25, 0.3) is 0 Å². The molecule has 1 aromatic carbocycles. The van der Waals surface area contributed by atoms with Crippen LogP contribution in [0.15, 0.2) is 36.4 Å². The lowest BCUT2D eigenvalue weighted by atomic mass is 9.99. The van der Waals surface area contributed by atoms with E-state index in [-0.39, 0.29) is 24.3 Å². The van der Waals surface area contributed by atoms with Crippen molar-refractivity contribution in [1.29, 1.82) is 0 Å². The van der Waals surface area contributed by atoms with E-state index in [1.165, 1.54) is 6.07 Å². The summed E-state index contributed by atoms with van der Waals surface area (Å²) in [4.78, 5) is 4.44. The fraction of sp³-hybridized carbons (Fsp3) is 0.476. The van der Waals surface area contributed by atoms with Crippen LogP contribution in [-0.4, -0.2) is 43.9 Å². The summed E-state index contributed by atoms with van der Waals surface area (Å²) in [5.41, 5.74) is 9.04. The zero-order valence-corrected chi connectivity index (χ0v) is 17.1. The minimum Gasteiger partial charge on any atom is -0.384 e. The Morgan fingerprint density at radius 3 is 2.89 bits per heavy atom. The monoisotopic (exact) mass is 408 g/mol. The number of nitrogens with one attached hydrogen (secondary N) is 2. The topological polar surface area (TPSA) is 72.2 Å². The Kier molecular flexibility index (Phi) is 9.12. The molecule has 1 aliphatic rings. The van der Waals surface area contributed by atoms with Gasteiger partial charge in [0.1, 0.15) is 11.6 Å². The first-order valence-electron chi connectivity index (χ1n) is 9.60. The largest absolute Gasteiger partial charge is 0.384 e. The summed E-state index contributed by atoms with van der Waals surface area (Å²) < 4.78 is 19.2. The summed E-state index contributed by atoms with van der Waals surface area (Å²) in [6, 6.07) is 10.7. The Labute approximate surface area is 172 Å². The molecule has 0 bridgehead atoms. The van der Waals surface area contributed by atoms with Gasteiger partial charge in [-0.15, -0.1) is 12.4 Å². The van der Waals surface area contributed by atoms with E-state index in [0.717, 1.165) is 55.8 Å². The van der Waals surface area contributed by atoms with Crippen LogP contribution in [0, 0.1) is 18.7 Å². The molecule has 154 valence electrons. The molecule has 2 heterocycles. The number of nitrogens with zero attached hydrogens (tertiary/aromatic N) is 1. The number of halogens is 2. The lowest BCUT2D eigenvalue weighted by Gasteiger charge is -2.19. The Balaban J connectivity index is 0.00000280. The van der Waals surface area contributed by atoms with Crippen molar-refractivity contribution in [3.63, 3.8) is 0 Å². The van der Waals surface area contributed by atoms with Crippen LogP contribution in [-0.2, 0) is 17.6 Å². The van der Waals surface area contributed by atoms with E-state index in [1.54, 1.807) is 12.1 Å². The highest BCUT2D eigenvalue weighted by molar-refractivity contribution is 5.85. The predicted octanol–water partition coefficient (Wildman–Crippen LogP) is 2.51. The van der Waals surface area contributed by atoms with Crippen LogP contribution in [0.5, 0.6) is 0 Å². The van der Waals surface area contributed by atoms with Crippen LogP contribution in [0.4, 0.5) is 10.2 Å². The molecule has 2 aromatic rings. The maximum atomic E-state index is 13.1. The number of hydrogen-bond acceptors (Lipinski definition) is 5. The molecule has 0 radical (unpaired) electrons. The molecular weight excluding hydrogens is 379 g/mol. The molecule has 0 amide bonds. The number of aromatic nitrogens is 1. The van der Waals surface area contributed by atoms with E-state index in [2.05, 4.69) is 21.7 Å². The van der Waals surface area contributed by atoms with E-state index in [0.29, 0.717) is 18.3 Å². The standard InChI is InChI=1S/C21H29FN4O.ClH/c1-15-9-19(26-21(23)10-15)12-17-13-25-14-20(17)27-8-7-24-6-5-16-3-2-4-18(22)11-16;/h2-4,9-11,17,20,24-25H,5-8,12-14H2,1H3,(H2,23,26);1H/t17-,20-;/m1./s1. The van der Waals surface area contributed by atoms with Crippen molar-refractivity contribution in [2.24, 2.45) is 5.92 Å². The Hall–Kier alpha value is -1.73. The van der Waals surface area contributed by atoms with Crippen molar-refractivity contribution in [3.05, 3.63) is 59.0 Å². The quantitative estimate of drug-likeness (QED) is 0.556. The average molecular weight is 409 g/mol. The van der Waals surface area contributed by atoms with Gasteiger partial charge in [0.2, 0.25) is 0 Å². The number of ether oxygens (including phenoxy) is 1. The van der Waals surface area contributed by atoms with Crippen LogP contribution in [0.25, 0.3) is 0 Å². The summed E-state index contributed by atoms with van der Waals surface area (Å²) in [5.74, 6) is 0.808. The molecule has 2 atom stereocenters. The first kappa shape index (κ1) is 22.6. The Bertz CT molecular complexity index is 726. The van der Waals surface area contributed by atoms with Crippen molar-refractivity contribution < 1.29 is 9.13 Å². The fourth-order valence-corrected chi connectivity index (χ4v) is 3.58. The average Bonchev–Trinajstić information content (AvgIpc) is 3.04. The number of rotatable bonds is 9. The lowest BCUT2D eigenvalue weighted by molar-refractivity contribution is 0.0397.